The van der Waals surface area contributed by atoms with Gasteiger partial charge in [0.2, 0.25) is 11.3 Å². The van der Waals surface area contributed by atoms with Crippen LogP contribution in [0.1, 0.15) is 49.5 Å². The van der Waals surface area contributed by atoms with Crippen molar-refractivity contribution in [3.63, 3.8) is 0 Å². The first kappa shape index (κ1) is 24.2. The van der Waals surface area contributed by atoms with E-state index < -0.39 is 34.7 Å². The molecule has 0 aromatic heterocycles. The van der Waals surface area contributed by atoms with E-state index in [0.29, 0.717) is 31.5 Å². The Kier molecular flexibility index (Phi) is 8.34. The first-order chi connectivity index (χ1) is 14.0. The second-order valence-electron chi connectivity index (χ2n) is 8.12. The topological polar surface area (TPSA) is 96.4 Å². The molecule has 1 fully saturated rings. The van der Waals surface area contributed by atoms with Crippen LogP contribution in [0.15, 0.2) is 18.2 Å². The van der Waals surface area contributed by atoms with Crippen LogP contribution in [0.2, 0.25) is 0 Å². The zero-order chi connectivity index (χ0) is 22.5. The molecule has 1 heterocycles. The predicted octanol–water partition coefficient (Wildman–Crippen LogP) is 2.99. The van der Waals surface area contributed by atoms with Gasteiger partial charge in [0.05, 0.1) is 12.7 Å². The predicted molar refractivity (Wildman–Crippen MR) is 110 cm³/mol. The first-order valence-corrected chi connectivity index (χ1v) is 10.8. The van der Waals surface area contributed by atoms with E-state index in [9.17, 15) is 22.7 Å². The zero-order valence-electron chi connectivity index (χ0n) is 17.7. The number of carbonyl (C=O) groups is 2. The van der Waals surface area contributed by atoms with Crippen molar-refractivity contribution < 1.29 is 32.2 Å². The van der Waals surface area contributed by atoms with E-state index in [4.69, 9.17) is 4.74 Å². The van der Waals surface area contributed by atoms with Crippen LogP contribution >= 0.6 is 0 Å². The number of amides is 1. The van der Waals surface area contributed by atoms with Gasteiger partial charge in [-0.25, -0.2) is 18.2 Å². The molecule has 1 N–H and O–H groups in total. The standard InChI is InChI=1S/C20H29FN2O6S/c1-20(2,3)29-19(25)22-10-8-16(9-11-22)23(30(26)27)12-7-14-5-6-15(13-17(14)21)18(24)28-4/h5-6,13,16H,7-12H2,1-4H3,(H,26,27). The molecule has 1 unspecified atom stereocenters. The fraction of sp³-hybridized carbons (Fsp3) is 0.600. The Bertz CT molecular complexity index is 790. The maximum Gasteiger partial charge on any atom is 0.410 e. The summed E-state index contributed by atoms with van der Waals surface area (Å²) >= 11 is -2.23. The number of likely N-dealkylation sites (tertiary alicyclic amines) is 1. The number of ether oxygens (including phenoxy) is 2. The minimum atomic E-state index is -2.23. The maximum atomic E-state index is 14.3. The van der Waals surface area contributed by atoms with E-state index in [1.165, 1.54) is 23.5 Å². The number of nitrogens with zero attached hydrogens (tertiary/aromatic N) is 2. The second-order valence-corrected chi connectivity index (χ2v) is 9.05. The van der Waals surface area contributed by atoms with Crippen LogP contribution in [0.3, 0.4) is 0 Å². The molecule has 1 aliphatic heterocycles. The maximum absolute atomic E-state index is 14.3. The van der Waals surface area contributed by atoms with Crippen LogP contribution in [-0.4, -0.2) is 68.4 Å². The van der Waals surface area contributed by atoms with Crippen LogP contribution < -0.4 is 0 Å². The molecule has 0 aliphatic carbocycles. The van der Waals surface area contributed by atoms with Crippen molar-refractivity contribution >= 4 is 23.3 Å². The largest absolute Gasteiger partial charge is 0.465 e. The van der Waals surface area contributed by atoms with Crippen LogP contribution in [-0.2, 0) is 27.2 Å². The Hall–Kier alpha value is -2.04. The monoisotopic (exact) mass is 444 g/mol. The lowest BCUT2D eigenvalue weighted by atomic mass is 10.0. The molecule has 1 saturated heterocycles. The highest BCUT2D eigenvalue weighted by Crippen LogP contribution is 2.21. The molecule has 168 valence electrons. The fourth-order valence-electron chi connectivity index (χ4n) is 3.28. The third-order valence-corrected chi connectivity index (χ3v) is 5.68. The Labute approximate surface area is 178 Å². The van der Waals surface area contributed by atoms with Gasteiger partial charge in [0.1, 0.15) is 11.4 Å². The number of methoxy groups -OCH3 is 1. The Morgan fingerprint density at radius 1 is 1.30 bits per heavy atom. The van der Waals surface area contributed by atoms with Gasteiger partial charge in [0, 0.05) is 25.7 Å². The van der Waals surface area contributed by atoms with Gasteiger partial charge in [-0.05, 0) is 57.7 Å². The first-order valence-electron chi connectivity index (χ1n) is 9.74. The molecule has 1 aromatic rings. The normalized spacial score (nSPS) is 16.4. The summed E-state index contributed by atoms with van der Waals surface area (Å²) in [5.41, 5.74) is -0.139. The molecule has 2 rings (SSSR count). The van der Waals surface area contributed by atoms with Crippen molar-refractivity contribution in [2.24, 2.45) is 0 Å². The summed E-state index contributed by atoms with van der Waals surface area (Å²) < 4.78 is 47.2. The minimum absolute atomic E-state index is 0.107. The van der Waals surface area contributed by atoms with Gasteiger partial charge < -0.3 is 14.4 Å². The van der Waals surface area contributed by atoms with Crippen molar-refractivity contribution in [2.75, 3.05) is 26.7 Å². The highest BCUT2D eigenvalue weighted by atomic mass is 32.2. The van der Waals surface area contributed by atoms with Crippen molar-refractivity contribution in [3.05, 3.63) is 35.1 Å². The van der Waals surface area contributed by atoms with Crippen LogP contribution in [0, 0.1) is 5.82 Å². The van der Waals surface area contributed by atoms with Gasteiger partial charge in [0.15, 0.2) is 0 Å². The van der Waals surface area contributed by atoms with E-state index in [2.05, 4.69) is 4.74 Å². The lowest BCUT2D eigenvalue weighted by Gasteiger charge is -2.37. The molecular weight excluding hydrogens is 415 g/mol. The van der Waals surface area contributed by atoms with E-state index in [0.717, 1.165) is 6.07 Å². The number of piperidine rings is 1. The van der Waals surface area contributed by atoms with Crippen molar-refractivity contribution in [1.82, 2.24) is 9.21 Å². The number of halogens is 1. The molecule has 1 atom stereocenters. The number of hydrogen-bond donors (Lipinski definition) is 1. The van der Waals surface area contributed by atoms with Crippen molar-refractivity contribution in [3.8, 4) is 0 Å². The van der Waals surface area contributed by atoms with Crippen LogP contribution in [0.4, 0.5) is 9.18 Å². The number of benzene rings is 1. The molecule has 0 spiro atoms. The average Bonchev–Trinajstić information content (AvgIpc) is 2.67. The molecule has 0 radical (unpaired) electrons. The minimum Gasteiger partial charge on any atom is -0.465 e. The number of esters is 1. The van der Waals surface area contributed by atoms with E-state index in [1.54, 1.807) is 25.7 Å². The molecule has 1 amide bonds. The summed E-state index contributed by atoms with van der Waals surface area (Å²) in [4.78, 5) is 25.2. The number of carbonyl (C=O) groups excluding carboxylic acids is 2. The highest BCUT2D eigenvalue weighted by molar-refractivity contribution is 7.76. The van der Waals surface area contributed by atoms with Gasteiger partial charge >= 0.3 is 12.1 Å². The molecule has 1 aromatic carbocycles. The van der Waals surface area contributed by atoms with Gasteiger partial charge in [-0.15, -0.1) is 0 Å². The molecule has 10 heteroatoms. The van der Waals surface area contributed by atoms with Crippen LogP contribution in [0.5, 0.6) is 0 Å². The molecule has 0 bridgehead atoms. The van der Waals surface area contributed by atoms with E-state index >= 15 is 0 Å². The smallest absolute Gasteiger partial charge is 0.410 e. The lowest BCUT2D eigenvalue weighted by molar-refractivity contribution is 0.0177. The van der Waals surface area contributed by atoms with E-state index in [1.807, 2.05) is 0 Å². The number of rotatable bonds is 6. The summed E-state index contributed by atoms with van der Waals surface area (Å²) in [7, 11) is 1.22. The van der Waals surface area contributed by atoms with Crippen molar-refractivity contribution in [2.45, 2.75) is 51.7 Å². The Morgan fingerprint density at radius 2 is 1.93 bits per heavy atom. The summed E-state index contributed by atoms with van der Waals surface area (Å²) in [6.07, 6.45) is 0.821. The van der Waals surface area contributed by atoms with Crippen LogP contribution in [0.25, 0.3) is 0 Å². The third kappa shape index (κ3) is 6.75. The Morgan fingerprint density at radius 3 is 2.43 bits per heavy atom. The average molecular weight is 445 g/mol. The van der Waals surface area contributed by atoms with E-state index in [-0.39, 0.29) is 24.6 Å². The second kappa shape index (κ2) is 10.3. The van der Waals surface area contributed by atoms with Gasteiger partial charge in [-0.1, -0.05) is 6.07 Å². The molecule has 0 saturated carbocycles. The third-order valence-electron chi connectivity index (χ3n) is 4.80. The summed E-state index contributed by atoms with van der Waals surface area (Å²) in [5, 5.41) is 0. The SMILES string of the molecule is COC(=O)c1ccc(CCN(C2CCN(C(=O)OC(C)(C)C)CC2)S(=O)O)c(F)c1. The fourth-order valence-corrected chi connectivity index (χ4v) is 3.99. The highest BCUT2D eigenvalue weighted by Gasteiger charge is 2.31. The molecule has 8 nitrogen and oxygen atoms in total. The van der Waals surface area contributed by atoms with Gasteiger partial charge in [-0.3, -0.25) is 4.55 Å². The molecular formula is C20H29FN2O6S. The summed E-state index contributed by atoms with van der Waals surface area (Å²) in [6.45, 7) is 6.38. The Balaban J connectivity index is 1.95. The quantitative estimate of drug-likeness (QED) is 0.535. The van der Waals surface area contributed by atoms with Gasteiger partial charge in [0.25, 0.3) is 0 Å². The zero-order valence-corrected chi connectivity index (χ0v) is 18.5. The summed E-state index contributed by atoms with van der Waals surface area (Å²) in [5.74, 6) is -1.20. The molecule has 1 aliphatic rings. The van der Waals surface area contributed by atoms with Gasteiger partial charge in [-0.2, -0.15) is 4.31 Å². The lowest BCUT2D eigenvalue weighted by Crippen LogP contribution is -2.48. The summed E-state index contributed by atoms with van der Waals surface area (Å²) in [6, 6.07) is 3.82. The number of hydrogen-bond acceptors (Lipinski definition) is 5. The van der Waals surface area contributed by atoms with Crippen molar-refractivity contribution in [1.29, 1.82) is 0 Å². The molecule has 30 heavy (non-hydrogen) atoms.